The molecule has 0 heterocycles. The number of hydrogen-bond acceptors (Lipinski definition) is 26. The third-order valence-corrected chi connectivity index (χ3v) is 14.5. The monoisotopic (exact) mass is 1670 g/mol. The molecule has 0 bridgehead atoms. The molecular formula is C66H118Al2Fe2N6Na2O29. The number of nitrogens with two attached hydrogens (primary N) is 6. The van der Waals surface area contributed by atoms with Crippen molar-refractivity contribution in [3.05, 3.63) is 0 Å². The summed E-state index contributed by atoms with van der Waals surface area (Å²) in [5, 5.41) is 108. The van der Waals surface area contributed by atoms with E-state index in [9.17, 15) is 97.8 Å². The van der Waals surface area contributed by atoms with Gasteiger partial charge >= 0.3 is 322 Å². The van der Waals surface area contributed by atoms with Gasteiger partial charge in [0.2, 0.25) is 0 Å². The van der Waals surface area contributed by atoms with E-state index in [-0.39, 0.29) is 196 Å². The summed E-state index contributed by atoms with van der Waals surface area (Å²) in [5.41, 5.74) is 29.6. The minimum Gasteiger partial charge on any atom is -2.00 e. The van der Waals surface area contributed by atoms with Gasteiger partial charge in [-0.25, -0.2) is 0 Å². The zero-order valence-electron chi connectivity index (χ0n) is 63.0. The third-order valence-electron chi connectivity index (χ3n) is 13.9. The van der Waals surface area contributed by atoms with Crippen molar-refractivity contribution in [1.29, 1.82) is 0 Å². The molecule has 2 radical (unpaired) electrons. The summed E-state index contributed by atoms with van der Waals surface area (Å²) >= 11 is 4.53. The second-order valence-corrected chi connectivity index (χ2v) is 24.8. The fourth-order valence-corrected chi connectivity index (χ4v) is 8.13. The summed E-state index contributed by atoms with van der Waals surface area (Å²) in [4.78, 5) is 140. The number of carbonyl (C=O) groups excluding carboxylic acids is 8. The molecule has 41 heteroatoms. The standard InChI is InChI=1S/2C18H35O.6C5H9NO4.2Al.2Fe.2Na.3O/c2*1-2-3-4-5-6-7-8-9-10-11-12-13-14-15-16-17-18-19;6*6-3(5(9)10)1-2-4(7)8;;;;;;;;;/h2*2-17H2,1H3;6*3H,1-2,6H2,(H,7,8)(H,9,10);;;;;;;;;/q;;;;;;;;2*+2;2*+3;2*+1;3*-2/p-6/t;;6*3-;;;;;;;;;/m..000000........./s1. The van der Waals surface area contributed by atoms with Crippen molar-refractivity contribution in [3.63, 3.8) is 0 Å². The average molecular weight is 1670 g/mol. The minimum atomic E-state index is -1.42. The van der Waals surface area contributed by atoms with E-state index in [0.717, 1.165) is 25.7 Å². The molecule has 0 fully saturated rings. The average Bonchev–Trinajstić information content (AvgIpc) is 1.38. The molecule has 0 aromatic heterocycles. The molecule has 0 aliphatic heterocycles. The molecule has 0 unspecified atom stereocenters. The Balaban J connectivity index is -0.0000000703. The quantitative estimate of drug-likeness (QED) is 0.0199. The molecule has 18 N–H and O–H groups in total. The van der Waals surface area contributed by atoms with Gasteiger partial charge in [0, 0.05) is 74.8 Å². The van der Waals surface area contributed by atoms with Crippen LogP contribution >= 0.6 is 0 Å². The van der Waals surface area contributed by atoms with Crippen molar-refractivity contribution in [3.8, 4) is 0 Å². The molecule has 0 aromatic rings. The fraction of sp³-hybridized carbons (Fsp3) is 0.788. The molecular weight excluding hydrogens is 1550 g/mol. The topological polar surface area (TPSA) is 740 Å². The Morgan fingerprint density at radius 1 is 0.243 bits per heavy atom. The van der Waals surface area contributed by atoms with E-state index in [1.54, 1.807) is 0 Å². The summed E-state index contributed by atoms with van der Waals surface area (Å²) in [6.07, 6.45) is 40.9. The number of hydrogen-bond donors (Lipinski definition) is 12. The van der Waals surface area contributed by atoms with Crippen molar-refractivity contribution < 1.29 is 238 Å². The molecule has 0 aromatic carbocycles. The molecule has 0 amide bonds. The molecule has 6 atom stereocenters. The summed E-state index contributed by atoms with van der Waals surface area (Å²) in [5.74, 6) is -14.8. The minimum absolute atomic E-state index is 0. The first-order valence-electron chi connectivity index (χ1n) is 34.4. The Morgan fingerprint density at radius 2 is 0.346 bits per heavy atom. The van der Waals surface area contributed by atoms with E-state index in [0.29, 0.717) is 0 Å². The summed E-state index contributed by atoms with van der Waals surface area (Å²) in [6.45, 7) is 4.56. The Hall–Kier alpha value is -3.28. The van der Waals surface area contributed by atoms with E-state index in [1.807, 2.05) is 0 Å². The first-order valence-corrected chi connectivity index (χ1v) is 35.6. The van der Waals surface area contributed by atoms with Crippen LogP contribution in [0.2, 0.25) is 0 Å². The van der Waals surface area contributed by atoms with Crippen LogP contribution in [0.1, 0.15) is 296 Å². The van der Waals surface area contributed by atoms with Crippen LogP contribution in [0.15, 0.2) is 0 Å². The number of carboxylic acid groups (broad SMARTS) is 12. The van der Waals surface area contributed by atoms with Crippen molar-refractivity contribution in [2.45, 2.75) is 333 Å². The van der Waals surface area contributed by atoms with Crippen LogP contribution < -0.4 is 124 Å². The van der Waals surface area contributed by atoms with Gasteiger partial charge in [0.25, 0.3) is 0 Å². The largest absolute Gasteiger partial charge is 3.00 e. The van der Waals surface area contributed by atoms with Crippen LogP contribution in [0.4, 0.5) is 0 Å². The summed E-state index contributed by atoms with van der Waals surface area (Å²) < 4.78 is 0.527. The normalized spacial score (nSPS) is 11.1. The van der Waals surface area contributed by atoms with Gasteiger partial charge in [-0.1, -0.05) is 78.1 Å². The van der Waals surface area contributed by atoms with E-state index in [1.165, 1.54) is 180 Å². The van der Waals surface area contributed by atoms with Crippen molar-refractivity contribution >= 4 is 114 Å². The Morgan fingerprint density at radius 3 is 0.430 bits per heavy atom. The van der Waals surface area contributed by atoms with Crippen LogP contribution in [0.5, 0.6) is 0 Å². The number of carbonyl (C=O) groups is 14. The second kappa shape index (κ2) is 105. The van der Waals surface area contributed by atoms with E-state index >= 15 is 0 Å². The zero-order valence-corrected chi connectivity index (χ0v) is 71.5. The zero-order chi connectivity index (χ0) is 78.7. The number of carboxylic acids is 12. The van der Waals surface area contributed by atoms with Gasteiger partial charge in [-0.05, 0) is 38.5 Å². The van der Waals surface area contributed by atoms with E-state index < -0.39 is 108 Å². The third kappa shape index (κ3) is 145. The first kappa shape index (κ1) is 139. The molecule has 0 rings (SSSR count). The van der Waals surface area contributed by atoms with Crippen LogP contribution in [0, 0.1) is 0 Å². The van der Waals surface area contributed by atoms with Gasteiger partial charge in [0.05, 0.1) is 35.8 Å². The first-order chi connectivity index (χ1) is 46.8. The van der Waals surface area contributed by atoms with Gasteiger partial charge < -0.3 is 141 Å². The van der Waals surface area contributed by atoms with E-state index in [4.69, 9.17) is 65.0 Å². The van der Waals surface area contributed by atoms with Crippen LogP contribution in [0.3, 0.4) is 0 Å². The molecule has 0 saturated carbocycles. The van der Waals surface area contributed by atoms with Crippen molar-refractivity contribution in [2.75, 3.05) is 0 Å². The summed E-state index contributed by atoms with van der Waals surface area (Å²) in [6, 6.07) is -7.02. The maximum absolute atomic E-state index is 10.7. The SMILES string of the molecule is CCCCCCCCCCCCCCCCC[C](=O)[Al+2].CCCCCCCCCCCCCCCCC[C](=O)[Al+2].N[C@@H](CCC(=O)O)C(=O)[O-].N[C@@H](CCC(=O)O)C(=O)[O-].N[C@@H](CCC(=O)O)C(=O)[O-].N[C@@H](CCC(=O)O)C(=O)[O-].N[C@@H](CCC(=O)O)C(=O)[O-].N[C@@H](CCC(=O)O)C(=O)[O-].[Fe+3].[Fe+3].[Na+].[Na+].[O-2].[O-2].[O-2]. The van der Waals surface area contributed by atoms with Gasteiger partial charge in [0.15, 0.2) is 0 Å². The van der Waals surface area contributed by atoms with Crippen LogP contribution in [0.25, 0.3) is 0 Å². The van der Waals surface area contributed by atoms with E-state index in [2.05, 4.69) is 46.4 Å². The molecule has 107 heavy (non-hydrogen) atoms. The molecule has 0 aliphatic carbocycles. The number of unbranched alkanes of at least 4 members (excludes halogenated alkanes) is 28. The van der Waals surface area contributed by atoms with Crippen molar-refractivity contribution in [1.82, 2.24) is 0 Å². The van der Waals surface area contributed by atoms with Crippen LogP contribution in [-0.4, -0.2) is 180 Å². The van der Waals surface area contributed by atoms with Crippen LogP contribution in [-0.2, 0) is 118 Å². The molecule has 610 valence electrons. The van der Waals surface area contributed by atoms with Gasteiger partial charge in [0.1, 0.15) is 0 Å². The smallest absolute Gasteiger partial charge is 2.00 e. The predicted molar refractivity (Wildman–Crippen MR) is 362 cm³/mol. The molecule has 35 nitrogen and oxygen atoms in total. The molecule has 0 spiro atoms. The number of rotatable bonds is 56. The molecule has 0 saturated heterocycles. The predicted octanol–water partition coefficient (Wildman–Crippen LogP) is -6.90. The van der Waals surface area contributed by atoms with Crippen molar-refractivity contribution in [2.24, 2.45) is 34.4 Å². The van der Waals surface area contributed by atoms with Gasteiger partial charge in [-0.2, -0.15) is 0 Å². The Kier molecular flexibility index (Phi) is 136. The van der Waals surface area contributed by atoms with Gasteiger partial charge in [-0.15, -0.1) is 0 Å². The fourth-order valence-electron chi connectivity index (χ4n) is 7.72. The maximum atomic E-state index is 10.7. The summed E-state index contributed by atoms with van der Waals surface area (Å²) in [7, 11) is 0. The maximum Gasteiger partial charge on any atom is 3.00 e. The van der Waals surface area contributed by atoms with Gasteiger partial charge in [-0.3, -0.25) is 28.8 Å². The second-order valence-electron chi connectivity index (χ2n) is 23.5. The Bertz CT molecular complexity index is 1900. The molecule has 0 aliphatic rings. The number of aliphatic carboxylic acids is 12. The Labute approximate surface area is 712 Å².